The molecule has 0 aliphatic carbocycles. The maximum absolute atomic E-state index is 5.37. The fourth-order valence-corrected chi connectivity index (χ4v) is 3.12. The van der Waals surface area contributed by atoms with Crippen molar-refractivity contribution in [3.05, 3.63) is 29.8 Å². The Morgan fingerprint density at radius 3 is 2.56 bits per heavy atom. The lowest BCUT2D eigenvalue weighted by molar-refractivity contribution is -0.908. The molecule has 0 unspecified atom stereocenters. The van der Waals surface area contributed by atoms with Crippen LogP contribution >= 0.6 is 11.8 Å². The molecule has 0 radical (unpaired) electrons. The number of quaternary nitrogens is 1. The summed E-state index contributed by atoms with van der Waals surface area (Å²) in [4.78, 5) is 3.13. The van der Waals surface area contributed by atoms with E-state index in [0.717, 1.165) is 13.2 Å². The molecule has 1 aliphatic rings. The number of rotatable bonds is 6. The molecule has 1 saturated heterocycles. The number of morpholine rings is 1. The van der Waals surface area contributed by atoms with Crippen molar-refractivity contribution in [2.24, 2.45) is 0 Å². The van der Waals surface area contributed by atoms with Crippen LogP contribution in [0.15, 0.2) is 29.2 Å². The molecule has 0 aromatic heterocycles. The predicted octanol–water partition coefficient (Wildman–Crippen LogP) is 1.78. The maximum Gasteiger partial charge on any atom is 0.101 e. The first-order valence-electron chi connectivity index (χ1n) is 6.95. The van der Waals surface area contributed by atoms with Crippen LogP contribution in [0.1, 0.15) is 18.4 Å². The second kappa shape index (κ2) is 7.82. The average Bonchev–Trinajstić information content (AvgIpc) is 2.42. The number of unbranched alkanes of at least 4 members (excludes halogenated alkanes) is 1. The molecule has 0 spiro atoms. The predicted molar refractivity (Wildman–Crippen MR) is 77.5 cm³/mol. The summed E-state index contributed by atoms with van der Waals surface area (Å²) in [6.45, 7) is 7.76. The molecule has 18 heavy (non-hydrogen) atoms. The van der Waals surface area contributed by atoms with Gasteiger partial charge in [-0.3, -0.25) is 0 Å². The van der Waals surface area contributed by atoms with Gasteiger partial charge in [-0.25, -0.2) is 0 Å². The number of benzene rings is 1. The number of hydrogen-bond acceptors (Lipinski definition) is 2. The topological polar surface area (TPSA) is 13.7 Å². The third-order valence-electron chi connectivity index (χ3n) is 3.41. The van der Waals surface area contributed by atoms with Crippen LogP contribution in [0.2, 0.25) is 0 Å². The van der Waals surface area contributed by atoms with Crippen LogP contribution < -0.4 is 4.90 Å². The Bertz CT molecular complexity index is 333. The minimum atomic E-state index is 0.952. The summed E-state index contributed by atoms with van der Waals surface area (Å²) < 4.78 is 5.37. The fraction of sp³-hybridized carbons (Fsp3) is 0.600. The van der Waals surface area contributed by atoms with Crippen molar-refractivity contribution in [1.29, 1.82) is 0 Å². The highest BCUT2D eigenvalue weighted by Crippen LogP contribution is 2.19. The van der Waals surface area contributed by atoms with Gasteiger partial charge in [0.2, 0.25) is 0 Å². The first-order valence-corrected chi connectivity index (χ1v) is 7.94. The summed E-state index contributed by atoms with van der Waals surface area (Å²) in [5.74, 6) is 1.24. The summed E-state index contributed by atoms with van der Waals surface area (Å²) in [7, 11) is 0. The van der Waals surface area contributed by atoms with E-state index in [2.05, 4.69) is 31.2 Å². The third kappa shape index (κ3) is 5.01. The van der Waals surface area contributed by atoms with Crippen LogP contribution in [0.4, 0.5) is 0 Å². The highest BCUT2D eigenvalue weighted by atomic mass is 32.2. The van der Waals surface area contributed by atoms with E-state index in [4.69, 9.17) is 4.74 Å². The van der Waals surface area contributed by atoms with E-state index in [1.54, 1.807) is 4.90 Å². The van der Waals surface area contributed by atoms with Gasteiger partial charge >= 0.3 is 0 Å². The molecule has 2 rings (SSSR count). The number of aryl methyl sites for hydroxylation is 1. The van der Waals surface area contributed by atoms with Crippen LogP contribution in [-0.4, -0.2) is 38.6 Å². The van der Waals surface area contributed by atoms with Crippen LogP contribution in [0.3, 0.4) is 0 Å². The van der Waals surface area contributed by atoms with Gasteiger partial charge in [0.05, 0.1) is 19.8 Å². The first kappa shape index (κ1) is 13.9. The molecule has 0 bridgehead atoms. The van der Waals surface area contributed by atoms with Crippen molar-refractivity contribution in [2.45, 2.75) is 24.7 Å². The van der Waals surface area contributed by atoms with Crippen molar-refractivity contribution < 1.29 is 9.64 Å². The SMILES string of the molecule is Cc1ccc(SCCCC[NH+]2CCOCC2)cc1. The van der Waals surface area contributed by atoms with E-state index < -0.39 is 0 Å². The molecule has 1 fully saturated rings. The van der Waals surface area contributed by atoms with Crippen molar-refractivity contribution >= 4 is 11.8 Å². The highest BCUT2D eigenvalue weighted by molar-refractivity contribution is 7.99. The van der Waals surface area contributed by atoms with Gasteiger partial charge < -0.3 is 9.64 Å². The molecule has 1 aromatic carbocycles. The zero-order chi connectivity index (χ0) is 12.6. The van der Waals surface area contributed by atoms with Crippen LogP contribution in [0, 0.1) is 6.92 Å². The lowest BCUT2D eigenvalue weighted by Gasteiger charge is -2.23. The Hall–Kier alpha value is -0.510. The van der Waals surface area contributed by atoms with Gasteiger partial charge in [-0.2, -0.15) is 0 Å². The van der Waals surface area contributed by atoms with Crippen LogP contribution in [-0.2, 0) is 4.74 Å². The third-order valence-corrected chi connectivity index (χ3v) is 4.51. The minimum absolute atomic E-state index is 0.952. The molecule has 0 amide bonds. The number of ether oxygens (including phenoxy) is 1. The van der Waals surface area contributed by atoms with E-state index in [0.29, 0.717) is 0 Å². The van der Waals surface area contributed by atoms with Crippen molar-refractivity contribution in [2.75, 3.05) is 38.6 Å². The van der Waals surface area contributed by atoms with Crippen LogP contribution in [0.5, 0.6) is 0 Å². The van der Waals surface area contributed by atoms with Crippen molar-refractivity contribution in [1.82, 2.24) is 0 Å². The molecule has 2 nitrogen and oxygen atoms in total. The smallest absolute Gasteiger partial charge is 0.101 e. The van der Waals surface area contributed by atoms with Gasteiger partial charge in [0.1, 0.15) is 13.1 Å². The molecule has 3 heteroatoms. The van der Waals surface area contributed by atoms with E-state index >= 15 is 0 Å². The Kier molecular flexibility index (Phi) is 6.05. The molecule has 1 aromatic rings. The summed E-state index contributed by atoms with van der Waals surface area (Å²) in [6, 6.07) is 8.85. The summed E-state index contributed by atoms with van der Waals surface area (Å²) in [6.07, 6.45) is 2.66. The van der Waals surface area contributed by atoms with Gasteiger partial charge in [-0.05, 0) is 37.7 Å². The standard InChI is InChI=1S/C15H23NOS/c1-14-4-6-15(7-5-14)18-13-3-2-8-16-9-11-17-12-10-16/h4-7H,2-3,8-13H2,1H3/p+1. The molecule has 100 valence electrons. The molecule has 1 heterocycles. The molecular weight excluding hydrogens is 242 g/mol. The van der Waals surface area contributed by atoms with E-state index in [9.17, 15) is 0 Å². The second-order valence-electron chi connectivity index (χ2n) is 4.98. The molecular formula is C15H24NOS+. The fourth-order valence-electron chi connectivity index (χ4n) is 2.21. The van der Waals surface area contributed by atoms with E-state index in [-0.39, 0.29) is 0 Å². The average molecular weight is 266 g/mol. The Morgan fingerprint density at radius 1 is 1.11 bits per heavy atom. The Labute approximate surface area is 115 Å². The second-order valence-corrected chi connectivity index (χ2v) is 6.15. The zero-order valence-corrected chi connectivity index (χ0v) is 12.1. The maximum atomic E-state index is 5.37. The van der Waals surface area contributed by atoms with Crippen molar-refractivity contribution in [3.8, 4) is 0 Å². The van der Waals surface area contributed by atoms with Crippen LogP contribution in [0.25, 0.3) is 0 Å². The highest BCUT2D eigenvalue weighted by Gasteiger charge is 2.12. The molecule has 1 N–H and O–H groups in total. The normalized spacial score (nSPS) is 16.9. The molecule has 0 atom stereocenters. The van der Waals surface area contributed by atoms with Gasteiger partial charge in [0, 0.05) is 4.90 Å². The zero-order valence-electron chi connectivity index (χ0n) is 11.3. The quantitative estimate of drug-likeness (QED) is 0.623. The lowest BCUT2D eigenvalue weighted by atomic mass is 10.2. The van der Waals surface area contributed by atoms with Gasteiger partial charge in [-0.15, -0.1) is 11.8 Å². The van der Waals surface area contributed by atoms with E-state index in [1.807, 2.05) is 11.8 Å². The van der Waals surface area contributed by atoms with Gasteiger partial charge in [-0.1, -0.05) is 17.7 Å². The monoisotopic (exact) mass is 266 g/mol. The first-order chi connectivity index (χ1) is 8.84. The Morgan fingerprint density at radius 2 is 1.83 bits per heavy atom. The van der Waals surface area contributed by atoms with E-state index in [1.165, 1.54) is 48.7 Å². The molecule has 1 aliphatic heterocycles. The number of nitrogens with one attached hydrogen (secondary N) is 1. The van der Waals surface area contributed by atoms with Gasteiger partial charge in [0.25, 0.3) is 0 Å². The summed E-state index contributed by atoms with van der Waals surface area (Å²) in [5, 5.41) is 0. The number of thioether (sulfide) groups is 1. The summed E-state index contributed by atoms with van der Waals surface area (Å²) in [5.41, 5.74) is 1.34. The summed E-state index contributed by atoms with van der Waals surface area (Å²) >= 11 is 1.98. The Balaban J connectivity index is 1.54. The largest absolute Gasteiger partial charge is 0.370 e. The van der Waals surface area contributed by atoms with Crippen molar-refractivity contribution in [3.63, 3.8) is 0 Å². The minimum Gasteiger partial charge on any atom is -0.370 e. The lowest BCUT2D eigenvalue weighted by Crippen LogP contribution is -3.14. The number of hydrogen-bond donors (Lipinski definition) is 1. The van der Waals surface area contributed by atoms with Gasteiger partial charge in [0.15, 0.2) is 0 Å². The molecule has 0 saturated carbocycles.